The van der Waals surface area contributed by atoms with Crippen LogP contribution >= 0.6 is 35.2 Å². The number of rotatable bonds is 4. The molecule has 0 aliphatic rings. The first-order chi connectivity index (χ1) is 8.99. The third kappa shape index (κ3) is 3.23. The number of thiocarbonyl (C=S) groups is 1. The Morgan fingerprint density at radius 1 is 1.47 bits per heavy atom. The van der Waals surface area contributed by atoms with E-state index in [0.29, 0.717) is 16.5 Å². The summed E-state index contributed by atoms with van der Waals surface area (Å²) in [6.45, 7) is 4.22. The van der Waals surface area contributed by atoms with E-state index in [2.05, 4.69) is 24.1 Å². The molecule has 1 aromatic heterocycles. The maximum absolute atomic E-state index is 6.12. The smallest absolute Gasteiger partial charge is 0.187 e. The number of hydrogen-bond acceptors (Lipinski definition) is 4. The van der Waals surface area contributed by atoms with Crippen molar-refractivity contribution in [2.75, 3.05) is 5.32 Å². The van der Waals surface area contributed by atoms with Gasteiger partial charge in [0.25, 0.3) is 0 Å². The van der Waals surface area contributed by atoms with Gasteiger partial charge in [-0.2, -0.15) is 0 Å². The van der Waals surface area contributed by atoms with Gasteiger partial charge in [0.2, 0.25) is 0 Å². The number of nitrogens with two attached hydrogens (primary N) is 1. The molecule has 0 bridgehead atoms. The van der Waals surface area contributed by atoms with Gasteiger partial charge in [0, 0.05) is 5.38 Å². The van der Waals surface area contributed by atoms with Gasteiger partial charge in [-0.3, -0.25) is 0 Å². The lowest BCUT2D eigenvalue weighted by Gasteiger charge is -2.10. The quantitative estimate of drug-likeness (QED) is 0.827. The fourth-order valence-electron chi connectivity index (χ4n) is 1.60. The Labute approximate surface area is 126 Å². The molecule has 0 amide bonds. The minimum Gasteiger partial charge on any atom is -0.389 e. The van der Waals surface area contributed by atoms with Crippen LogP contribution in [-0.4, -0.2) is 9.97 Å². The van der Waals surface area contributed by atoms with Gasteiger partial charge in [0.1, 0.15) is 4.99 Å². The molecule has 0 radical (unpaired) electrons. The molecule has 2 aromatic rings. The number of thiazole rings is 1. The lowest BCUT2D eigenvalue weighted by Crippen LogP contribution is -2.12. The Morgan fingerprint density at radius 2 is 2.21 bits per heavy atom. The average molecular weight is 312 g/mol. The lowest BCUT2D eigenvalue weighted by atomic mass is 10.1. The third-order valence-electron chi connectivity index (χ3n) is 2.62. The Balaban J connectivity index is 2.32. The largest absolute Gasteiger partial charge is 0.389 e. The molecule has 0 spiro atoms. The standard InChI is InChI=1S/C13H14ClN3S2/c1-7(2)10-6-19-13(17-10)16-9-5-3-4-8(14)11(9)12(15)18/h3-7H,1-2H3,(H2,15,18)(H,16,17). The van der Waals surface area contributed by atoms with Crippen LogP contribution in [0.1, 0.15) is 31.0 Å². The van der Waals surface area contributed by atoms with Gasteiger partial charge < -0.3 is 11.1 Å². The van der Waals surface area contributed by atoms with E-state index < -0.39 is 0 Å². The topological polar surface area (TPSA) is 50.9 Å². The van der Waals surface area contributed by atoms with E-state index in [9.17, 15) is 0 Å². The average Bonchev–Trinajstić information content (AvgIpc) is 2.77. The van der Waals surface area contributed by atoms with Gasteiger partial charge in [-0.05, 0) is 18.1 Å². The van der Waals surface area contributed by atoms with Gasteiger partial charge in [0.05, 0.1) is 22.0 Å². The maximum atomic E-state index is 6.12. The van der Waals surface area contributed by atoms with Gasteiger partial charge >= 0.3 is 0 Å². The monoisotopic (exact) mass is 311 g/mol. The van der Waals surface area contributed by atoms with E-state index in [1.165, 1.54) is 0 Å². The van der Waals surface area contributed by atoms with Crippen molar-refractivity contribution in [3.05, 3.63) is 39.9 Å². The Bertz CT molecular complexity index is 608. The van der Waals surface area contributed by atoms with Gasteiger partial charge in [-0.1, -0.05) is 43.7 Å². The van der Waals surface area contributed by atoms with Crippen molar-refractivity contribution in [3.63, 3.8) is 0 Å². The molecule has 0 unspecified atom stereocenters. The third-order valence-corrected chi connectivity index (χ3v) is 3.91. The number of aromatic nitrogens is 1. The molecular weight excluding hydrogens is 298 g/mol. The molecule has 0 aliphatic heterocycles. The first-order valence-electron chi connectivity index (χ1n) is 5.79. The second-order valence-electron chi connectivity index (χ2n) is 4.38. The van der Waals surface area contributed by atoms with Crippen molar-refractivity contribution in [2.24, 2.45) is 5.73 Å². The first kappa shape index (κ1) is 14.2. The number of hydrogen-bond donors (Lipinski definition) is 2. The van der Waals surface area contributed by atoms with Crippen LogP contribution in [0.2, 0.25) is 5.02 Å². The molecule has 0 fully saturated rings. The van der Waals surface area contributed by atoms with Crippen LogP contribution in [0.25, 0.3) is 0 Å². The van der Waals surface area contributed by atoms with Crippen LogP contribution < -0.4 is 11.1 Å². The Morgan fingerprint density at radius 3 is 2.79 bits per heavy atom. The van der Waals surface area contributed by atoms with Crippen LogP contribution in [0.3, 0.4) is 0 Å². The summed E-state index contributed by atoms with van der Waals surface area (Å²) in [5, 5.41) is 6.61. The normalized spacial score (nSPS) is 10.7. The highest BCUT2D eigenvalue weighted by molar-refractivity contribution is 7.80. The number of nitrogens with one attached hydrogen (secondary N) is 1. The molecule has 6 heteroatoms. The molecule has 0 atom stereocenters. The van der Waals surface area contributed by atoms with Crippen molar-refractivity contribution >= 4 is 51.0 Å². The second kappa shape index (κ2) is 5.86. The highest BCUT2D eigenvalue weighted by Crippen LogP contribution is 2.29. The molecule has 19 heavy (non-hydrogen) atoms. The Hall–Kier alpha value is -1.17. The van der Waals surface area contributed by atoms with E-state index in [-0.39, 0.29) is 4.99 Å². The predicted octanol–water partition coefficient (Wildman–Crippen LogP) is 4.30. The van der Waals surface area contributed by atoms with E-state index in [1.54, 1.807) is 17.4 Å². The van der Waals surface area contributed by atoms with Crippen LogP contribution in [0.4, 0.5) is 10.8 Å². The molecule has 0 saturated heterocycles. The zero-order valence-corrected chi connectivity index (χ0v) is 13.0. The van der Waals surface area contributed by atoms with Crippen molar-refractivity contribution in [1.82, 2.24) is 4.98 Å². The fraction of sp³-hybridized carbons (Fsp3) is 0.231. The summed E-state index contributed by atoms with van der Waals surface area (Å²) in [6.07, 6.45) is 0. The minimum absolute atomic E-state index is 0.272. The number of benzene rings is 1. The van der Waals surface area contributed by atoms with E-state index in [4.69, 9.17) is 29.6 Å². The highest BCUT2D eigenvalue weighted by atomic mass is 35.5. The Kier molecular flexibility index (Phi) is 4.39. The van der Waals surface area contributed by atoms with Gasteiger partial charge in [-0.15, -0.1) is 11.3 Å². The zero-order valence-electron chi connectivity index (χ0n) is 10.6. The summed E-state index contributed by atoms with van der Waals surface area (Å²) in [7, 11) is 0. The van der Waals surface area contributed by atoms with Crippen LogP contribution in [0.5, 0.6) is 0 Å². The number of anilines is 2. The van der Waals surface area contributed by atoms with Crippen molar-refractivity contribution in [1.29, 1.82) is 0 Å². The molecule has 1 aromatic carbocycles. The molecular formula is C13H14ClN3S2. The van der Waals surface area contributed by atoms with Crippen molar-refractivity contribution in [2.45, 2.75) is 19.8 Å². The fourth-order valence-corrected chi connectivity index (χ4v) is 3.04. The SMILES string of the molecule is CC(C)c1csc(Nc2cccc(Cl)c2C(N)=S)n1. The molecule has 0 saturated carbocycles. The first-order valence-corrected chi connectivity index (χ1v) is 7.46. The highest BCUT2D eigenvalue weighted by Gasteiger charge is 2.12. The van der Waals surface area contributed by atoms with Crippen molar-refractivity contribution < 1.29 is 0 Å². The van der Waals surface area contributed by atoms with Crippen LogP contribution in [0, 0.1) is 0 Å². The zero-order chi connectivity index (χ0) is 14.0. The molecule has 2 rings (SSSR count). The summed E-state index contributed by atoms with van der Waals surface area (Å²) in [5.41, 5.74) is 8.21. The lowest BCUT2D eigenvalue weighted by molar-refractivity contribution is 0.834. The number of nitrogens with zero attached hydrogens (tertiary/aromatic N) is 1. The molecule has 1 heterocycles. The van der Waals surface area contributed by atoms with Gasteiger partial charge in [0.15, 0.2) is 5.13 Å². The summed E-state index contributed by atoms with van der Waals surface area (Å²) in [4.78, 5) is 4.79. The van der Waals surface area contributed by atoms with Crippen molar-refractivity contribution in [3.8, 4) is 0 Å². The molecule has 3 nitrogen and oxygen atoms in total. The summed E-state index contributed by atoms with van der Waals surface area (Å²) >= 11 is 12.7. The summed E-state index contributed by atoms with van der Waals surface area (Å²) in [5.74, 6) is 0.404. The van der Waals surface area contributed by atoms with Crippen LogP contribution in [-0.2, 0) is 0 Å². The second-order valence-corrected chi connectivity index (χ2v) is 6.09. The number of halogens is 1. The molecule has 100 valence electrons. The summed E-state index contributed by atoms with van der Waals surface area (Å²) in [6, 6.07) is 5.50. The van der Waals surface area contributed by atoms with E-state index >= 15 is 0 Å². The van der Waals surface area contributed by atoms with E-state index in [1.807, 2.05) is 17.5 Å². The van der Waals surface area contributed by atoms with Gasteiger partial charge in [-0.25, -0.2) is 4.98 Å². The molecule has 3 N–H and O–H groups in total. The minimum atomic E-state index is 0.272. The van der Waals surface area contributed by atoms with E-state index in [0.717, 1.165) is 16.5 Å². The summed E-state index contributed by atoms with van der Waals surface area (Å²) < 4.78 is 0. The maximum Gasteiger partial charge on any atom is 0.187 e. The predicted molar refractivity (Wildman–Crippen MR) is 86.8 cm³/mol. The van der Waals surface area contributed by atoms with Crippen LogP contribution in [0.15, 0.2) is 23.6 Å². The molecule has 0 aliphatic carbocycles.